The zero-order valence-electron chi connectivity index (χ0n) is 12.5. The second-order valence-electron chi connectivity index (χ2n) is 5.65. The van der Waals surface area contributed by atoms with E-state index in [2.05, 4.69) is 13.0 Å². The minimum absolute atomic E-state index is 0.276. The van der Waals surface area contributed by atoms with Crippen LogP contribution in [-0.2, 0) is 4.79 Å². The Labute approximate surface area is 126 Å². The van der Waals surface area contributed by atoms with Crippen LogP contribution in [0.5, 0.6) is 5.75 Å². The van der Waals surface area contributed by atoms with E-state index in [1.54, 1.807) is 24.3 Å². The number of nitriles is 1. The van der Waals surface area contributed by atoms with Gasteiger partial charge in [0.2, 0.25) is 5.91 Å². The van der Waals surface area contributed by atoms with Gasteiger partial charge in [-0.05, 0) is 49.4 Å². The van der Waals surface area contributed by atoms with Crippen molar-refractivity contribution in [2.75, 3.05) is 19.7 Å². The highest BCUT2D eigenvalue weighted by Gasteiger charge is 2.19. The summed E-state index contributed by atoms with van der Waals surface area (Å²) in [5, 5.41) is 8.73. The maximum atomic E-state index is 11.9. The van der Waals surface area contributed by atoms with Crippen LogP contribution in [0.1, 0.15) is 38.2 Å². The predicted octanol–water partition coefficient (Wildman–Crippen LogP) is 2.98. The van der Waals surface area contributed by atoms with Crippen LogP contribution in [-0.4, -0.2) is 30.5 Å². The van der Waals surface area contributed by atoms with E-state index in [-0.39, 0.29) is 5.91 Å². The Bertz CT molecular complexity index is 505. The van der Waals surface area contributed by atoms with Gasteiger partial charge in [0.15, 0.2) is 0 Å². The van der Waals surface area contributed by atoms with E-state index in [0.717, 1.165) is 38.1 Å². The molecule has 112 valence electrons. The summed E-state index contributed by atoms with van der Waals surface area (Å²) in [6.45, 7) is 4.44. The maximum Gasteiger partial charge on any atom is 0.222 e. The Balaban J connectivity index is 1.71. The first-order valence-corrected chi connectivity index (χ1v) is 7.60. The van der Waals surface area contributed by atoms with Crippen LogP contribution in [0.15, 0.2) is 24.3 Å². The van der Waals surface area contributed by atoms with E-state index in [4.69, 9.17) is 10.00 Å². The number of hydrogen-bond acceptors (Lipinski definition) is 3. The smallest absolute Gasteiger partial charge is 0.222 e. The van der Waals surface area contributed by atoms with Crippen LogP contribution < -0.4 is 4.74 Å². The van der Waals surface area contributed by atoms with Crippen molar-refractivity contribution in [2.24, 2.45) is 5.92 Å². The van der Waals surface area contributed by atoms with Crippen molar-refractivity contribution in [3.8, 4) is 11.8 Å². The molecule has 1 aliphatic heterocycles. The summed E-state index contributed by atoms with van der Waals surface area (Å²) in [4.78, 5) is 13.9. The lowest BCUT2D eigenvalue weighted by Gasteiger charge is -2.20. The van der Waals surface area contributed by atoms with Gasteiger partial charge in [-0.25, -0.2) is 0 Å². The van der Waals surface area contributed by atoms with Crippen LogP contribution in [0.4, 0.5) is 0 Å². The summed E-state index contributed by atoms with van der Waals surface area (Å²) < 4.78 is 5.64. The molecule has 4 nitrogen and oxygen atoms in total. The molecule has 2 rings (SSSR count). The summed E-state index contributed by atoms with van der Waals surface area (Å²) in [7, 11) is 0. The molecule has 0 bridgehead atoms. The number of likely N-dealkylation sites (tertiary alicyclic amines) is 1. The average Bonchev–Trinajstić information content (AvgIpc) is 2.67. The Morgan fingerprint density at radius 2 is 2.10 bits per heavy atom. The van der Waals surface area contributed by atoms with Gasteiger partial charge >= 0.3 is 0 Å². The average molecular weight is 286 g/mol. The highest BCUT2D eigenvalue weighted by molar-refractivity contribution is 5.76. The number of carbonyl (C=O) groups excluding carboxylic acids is 1. The van der Waals surface area contributed by atoms with Gasteiger partial charge in [0.1, 0.15) is 5.75 Å². The van der Waals surface area contributed by atoms with E-state index in [9.17, 15) is 4.79 Å². The van der Waals surface area contributed by atoms with Crippen molar-refractivity contribution in [1.29, 1.82) is 5.26 Å². The SMILES string of the molecule is CC1CCC(=O)N(CCCOc2ccc(C#N)cc2)CC1. The van der Waals surface area contributed by atoms with Crippen molar-refractivity contribution in [3.05, 3.63) is 29.8 Å². The van der Waals surface area contributed by atoms with Gasteiger partial charge in [-0.2, -0.15) is 5.26 Å². The number of carbonyl (C=O) groups is 1. The van der Waals surface area contributed by atoms with Crippen molar-refractivity contribution in [1.82, 2.24) is 4.90 Å². The molecule has 0 aliphatic carbocycles. The summed E-state index contributed by atoms with van der Waals surface area (Å²) in [5.74, 6) is 1.69. The van der Waals surface area contributed by atoms with E-state index < -0.39 is 0 Å². The Morgan fingerprint density at radius 1 is 1.33 bits per heavy atom. The molecule has 0 spiro atoms. The third-order valence-electron chi connectivity index (χ3n) is 3.92. The van der Waals surface area contributed by atoms with Crippen molar-refractivity contribution in [3.63, 3.8) is 0 Å². The Kier molecular flexibility index (Phi) is 5.62. The van der Waals surface area contributed by atoms with E-state index in [1.807, 2.05) is 4.90 Å². The first kappa shape index (κ1) is 15.4. The molecule has 1 amide bonds. The fourth-order valence-corrected chi connectivity index (χ4v) is 2.48. The summed E-state index contributed by atoms with van der Waals surface area (Å²) in [5.41, 5.74) is 0.631. The number of nitrogens with zero attached hydrogens (tertiary/aromatic N) is 2. The number of hydrogen-bond donors (Lipinski definition) is 0. The van der Waals surface area contributed by atoms with Crippen molar-refractivity contribution >= 4 is 5.91 Å². The first-order chi connectivity index (χ1) is 10.2. The molecule has 1 aliphatic rings. The number of benzene rings is 1. The van der Waals surface area contributed by atoms with Crippen LogP contribution in [0.2, 0.25) is 0 Å². The molecule has 1 aromatic rings. The molecule has 1 unspecified atom stereocenters. The van der Waals surface area contributed by atoms with Crippen LogP contribution in [0.25, 0.3) is 0 Å². The number of rotatable bonds is 5. The van der Waals surface area contributed by atoms with Gasteiger partial charge in [-0.3, -0.25) is 4.79 Å². The zero-order chi connectivity index (χ0) is 15.1. The van der Waals surface area contributed by atoms with Gasteiger partial charge < -0.3 is 9.64 Å². The molecule has 1 atom stereocenters. The van der Waals surface area contributed by atoms with Gasteiger partial charge in [0.05, 0.1) is 18.2 Å². The standard InChI is InChI=1S/C17H22N2O2/c1-14-3-8-17(20)19(11-9-14)10-2-12-21-16-6-4-15(13-18)5-7-16/h4-7,14H,2-3,8-12H2,1H3. The molecule has 0 N–H and O–H groups in total. The van der Waals surface area contributed by atoms with E-state index in [0.29, 0.717) is 24.5 Å². The van der Waals surface area contributed by atoms with Crippen molar-refractivity contribution < 1.29 is 9.53 Å². The molecule has 1 aromatic carbocycles. The lowest BCUT2D eigenvalue weighted by atomic mass is 10.0. The zero-order valence-corrected chi connectivity index (χ0v) is 12.5. The monoisotopic (exact) mass is 286 g/mol. The van der Waals surface area contributed by atoms with Crippen molar-refractivity contribution in [2.45, 2.75) is 32.6 Å². The largest absolute Gasteiger partial charge is 0.494 e. The van der Waals surface area contributed by atoms with Gasteiger partial charge in [-0.15, -0.1) is 0 Å². The second-order valence-corrected chi connectivity index (χ2v) is 5.65. The maximum absolute atomic E-state index is 11.9. The topological polar surface area (TPSA) is 53.3 Å². The highest BCUT2D eigenvalue weighted by Crippen LogP contribution is 2.18. The quantitative estimate of drug-likeness (QED) is 0.782. The fourth-order valence-electron chi connectivity index (χ4n) is 2.48. The number of amides is 1. The lowest BCUT2D eigenvalue weighted by molar-refractivity contribution is -0.130. The van der Waals surface area contributed by atoms with E-state index in [1.165, 1.54) is 0 Å². The Hall–Kier alpha value is -2.02. The lowest BCUT2D eigenvalue weighted by Crippen LogP contribution is -2.32. The normalized spacial score (nSPS) is 19.0. The van der Waals surface area contributed by atoms with E-state index >= 15 is 0 Å². The molecule has 0 radical (unpaired) electrons. The summed E-state index contributed by atoms with van der Waals surface area (Å²) in [6, 6.07) is 9.18. The molecule has 4 heteroatoms. The Morgan fingerprint density at radius 3 is 2.81 bits per heavy atom. The molecular weight excluding hydrogens is 264 g/mol. The summed E-state index contributed by atoms with van der Waals surface area (Å²) >= 11 is 0. The third kappa shape index (κ3) is 4.78. The summed E-state index contributed by atoms with van der Waals surface area (Å²) in [6.07, 6.45) is 3.62. The molecule has 21 heavy (non-hydrogen) atoms. The van der Waals surface area contributed by atoms with Gasteiger partial charge in [-0.1, -0.05) is 6.92 Å². The fraction of sp³-hybridized carbons (Fsp3) is 0.529. The highest BCUT2D eigenvalue weighted by atomic mass is 16.5. The van der Waals surface area contributed by atoms with Crippen LogP contribution in [0, 0.1) is 17.2 Å². The van der Waals surface area contributed by atoms with Gasteiger partial charge in [0, 0.05) is 19.5 Å². The molecule has 1 fully saturated rings. The minimum atomic E-state index is 0.276. The molecular formula is C17H22N2O2. The predicted molar refractivity (Wildman–Crippen MR) is 80.9 cm³/mol. The number of ether oxygens (including phenoxy) is 1. The molecule has 0 aromatic heterocycles. The minimum Gasteiger partial charge on any atom is -0.494 e. The van der Waals surface area contributed by atoms with Crippen LogP contribution in [0.3, 0.4) is 0 Å². The first-order valence-electron chi connectivity index (χ1n) is 7.60. The second kappa shape index (κ2) is 7.68. The molecule has 1 heterocycles. The molecule has 0 saturated carbocycles. The van der Waals surface area contributed by atoms with Crippen LogP contribution >= 0.6 is 0 Å². The molecule has 1 saturated heterocycles. The van der Waals surface area contributed by atoms with Gasteiger partial charge in [0.25, 0.3) is 0 Å². The third-order valence-corrected chi connectivity index (χ3v) is 3.92.